The lowest BCUT2D eigenvalue weighted by atomic mass is 9.85. The van der Waals surface area contributed by atoms with Crippen LogP contribution in [-0.2, 0) is 27.9 Å². The van der Waals surface area contributed by atoms with E-state index >= 15 is 0 Å². The summed E-state index contributed by atoms with van der Waals surface area (Å²) in [5.41, 5.74) is 0. The Morgan fingerprint density at radius 2 is 0.967 bits per heavy atom. The van der Waals surface area contributed by atoms with Gasteiger partial charge in [0.05, 0.1) is 13.2 Å². The zero-order valence-electron chi connectivity index (χ0n) is 37.4. The first-order valence-corrected chi connectivity index (χ1v) is 24.8. The molecule has 6 N–H and O–H groups in total. The van der Waals surface area contributed by atoms with Crippen LogP contribution in [0.1, 0.15) is 162 Å². The summed E-state index contributed by atoms with van der Waals surface area (Å²) in [6.07, 6.45) is 36.9. The topological polar surface area (TPSA) is 192 Å². The minimum Gasteiger partial charge on any atom is -0.457 e. The van der Waals surface area contributed by atoms with Crippen LogP contribution in [-0.4, -0.2) is 98.9 Å². The Hall–Kier alpha value is -2.22. The van der Waals surface area contributed by atoms with E-state index in [1.54, 1.807) is 0 Å². The van der Waals surface area contributed by atoms with Gasteiger partial charge in [-0.05, 0) is 77.0 Å². The standard InChI is InChI=1S/C48H83O12P/c1-3-5-7-9-11-13-15-16-17-18-19-20-21-22-23-24-25-26-27-29-31-33-35-37-42(49)59-41(39-57-38-36-34-32-30-28-14-12-10-8-6-4-2)40-58-61(55,56)60-48-46(53)44(51)43(50)45(52)47(48)54/h5,7-8,10-11,13,16-17,19-20,22-23,41,43-48,50-54H,3-4,6,9,12,14-15,18,21,24-40H2,1-2H3,(H,55,56)/b7-5-,10-8-,13-11-,17-16-,20-19-,23-22-. The number of allylic oxidation sites excluding steroid dienone is 12. The van der Waals surface area contributed by atoms with Crippen LogP contribution in [0.25, 0.3) is 0 Å². The number of esters is 1. The van der Waals surface area contributed by atoms with Crippen molar-refractivity contribution in [3.63, 3.8) is 0 Å². The quantitative estimate of drug-likeness (QED) is 0.0149. The van der Waals surface area contributed by atoms with Crippen molar-refractivity contribution < 1.29 is 58.3 Å². The molecule has 0 aromatic heterocycles. The van der Waals surface area contributed by atoms with Gasteiger partial charge in [0.15, 0.2) is 0 Å². The molecule has 0 amide bonds. The molecule has 0 aliphatic heterocycles. The fraction of sp³-hybridized carbons (Fsp3) is 0.729. The number of phosphoric acid groups is 1. The predicted molar refractivity (Wildman–Crippen MR) is 244 cm³/mol. The number of rotatable bonds is 38. The summed E-state index contributed by atoms with van der Waals surface area (Å²) < 4.78 is 34.1. The Balaban J connectivity index is 2.36. The maximum absolute atomic E-state index is 12.8. The number of aliphatic hydroxyl groups is 5. The molecule has 1 aliphatic rings. The van der Waals surface area contributed by atoms with E-state index in [-0.39, 0.29) is 13.0 Å². The van der Waals surface area contributed by atoms with Gasteiger partial charge in [-0.3, -0.25) is 13.8 Å². The maximum Gasteiger partial charge on any atom is 0.472 e. The Labute approximate surface area is 368 Å². The molecule has 6 unspecified atom stereocenters. The molecule has 0 heterocycles. The van der Waals surface area contributed by atoms with Gasteiger partial charge in [-0.25, -0.2) is 4.57 Å². The van der Waals surface area contributed by atoms with E-state index in [4.69, 9.17) is 18.5 Å². The number of phosphoric ester groups is 1. The molecule has 12 nitrogen and oxygen atoms in total. The van der Waals surface area contributed by atoms with E-state index in [0.717, 1.165) is 116 Å². The van der Waals surface area contributed by atoms with Gasteiger partial charge < -0.3 is 39.9 Å². The average molecular weight is 883 g/mol. The Bertz CT molecular complexity index is 1280. The zero-order chi connectivity index (χ0) is 44.8. The van der Waals surface area contributed by atoms with Crippen LogP contribution in [0.5, 0.6) is 0 Å². The Morgan fingerprint density at radius 1 is 0.541 bits per heavy atom. The summed E-state index contributed by atoms with van der Waals surface area (Å²) in [6, 6.07) is 0. The molecule has 0 saturated heterocycles. The molecule has 13 heteroatoms. The molecule has 352 valence electrons. The summed E-state index contributed by atoms with van der Waals surface area (Å²) in [6.45, 7) is 4.04. The second-order valence-electron chi connectivity index (χ2n) is 15.9. The van der Waals surface area contributed by atoms with Gasteiger partial charge in [-0.2, -0.15) is 0 Å². The maximum atomic E-state index is 12.8. The highest BCUT2D eigenvalue weighted by Gasteiger charge is 2.51. The number of aliphatic hydroxyl groups excluding tert-OH is 5. The third-order valence-corrected chi connectivity index (χ3v) is 11.3. The fourth-order valence-electron chi connectivity index (χ4n) is 6.62. The largest absolute Gasteiger partial charge is 0.472 e. The SMILES string of the molecule is CC/C=C\C/C=C\C/C=C\C/C=C\C/C=C\CCCCCCCCCC(=O)OC(COCCCCCCCC/C=C\CCC)COP(=O)(O)OC1C(O)C(O)C(O)C(O)C1O. The van der Waals surface area contributed by atoms with E-state index in [0.29, 0.717) is 13.0 Å². The summed E-state index contributed by atoms with van der Waals surface area (Å²) in [5.74, 6) is -0.495. The number of hydrogen-bond acceptors (Lipinski definition) is 11. The van der Waals surface area contributed by atoms with Crippen molar-refractivity contribution in [2.45, 2.75) is 204 Å². The third-order valence-electron chi connectivity index (χ3n) is 10.3. The molecular weight excluding hydrogens is 799 g/mol. The fourth-order valence-corrected chi connectivity index (χ4v) is 7.59. The van der Waals surface area contributed by atoms with Crippen molar-refractivity contribution >= 4 is 13.8 Å². The molecule has 61 heavy (non-hydrogen) atoms. The van der Waals surface area contributed by atoms with Crippen LogP contribution in [0.3, 0.4) is 0 Å². The second kappa shape index (κ2) is 38.3. The van der Waals surface area contributed by atoms with Gasteiger partial charge >= 0.3 is 13.8 Å². The molecular formula is C48H83O12P. The van der Waals surface area contributed by atoms with Crippen LogP contribution in [0.15, 0.2) is 72.9 Å². The van der Waals surface area contributed by atoms with E-state index < -0.39 is 63.1 Å². The highest BCUT2D eigenvalue weighted by molar-refractivity contribution is 7.47. The number of carbonyl (C=O) groups excluding carboxylic acids is 1. The first kappa shape index (κ1) is 56.8. The van der Waals surface area contributed by atoms with Crippen LogP contribution in [0.2, 0.25) is 0 Å². The van der Waals surface area contributed by atoms with Crippen molar-refractivity contribution in [2.75, 3.05) is 19.8 Å². The summed E-state index contributed by atoms with van der Waals surface area (Å²) in [4.78, 5) is 23.1. The number of ether oxygens (including phenoxy) is 2. The number of carbonyl (C=O) groups is 1. The van der Waals surface area contributed by atoms with E-state index in [1.807, 2.05) is 0 Å². The first-order chi connectivity index (χ1) is 29.5. The van der Waals surface area contributed by atoms with Crippen molar-refractivity contribution in [3.05, 3.63) is 72.9 Å². The highest BCUT2D eigenvalue weighted by Crippen LogP contribution is 2.47. The smallest absolute Gasteiger partial charge is 0.457 e. The number of unbranched alkanes of at least 4 members (excludes halogenated alkanes) is 14. The van der Waals surface area contributed by atoms with Crippen LogP contribution < -0.4 is 0 Å². The monoisotopic (exact) mass is 883 g/mol. The van der Waals surface area contributed by atoms with Crippen molar-refractivity contribution in [2.24, 2.45) is 0 Å². The molecule has 6 atom stereocenters. The van der Waals surface area contributed by atoms with Crippen molar-refractivity contribution in [3.8, 4) is 0 Å². The average Bonchev–Trinajstić information content (AvgIpc) is 3.24. The Morgan fingerprint density at radius 3 is 1.49 bits per heavy atom. The lowest BCUT2D eigenvalue weighted by Crippen LogP contribution is -2.64. The predicted octanol–water partition coefficient (Wildman–Crippen LogP) is 9.58. The molecule has 0 spiro atoms. The van der Waals surface area contributed by atoms with Gasteiger partial charge in [-0.15, -0.1) is 0 Å². The van der Waals surface area contributed by atoms with Crippen LogP contribution in [0.4, 0.5) is 0 Å². The summed E-state index contributed by atoms with van der Waals surface area (Å²) in [5, 5.41) is 50.1. The van der Waals surface area contributed by atoms with Crippen molar-refractivity contribution in [1.82, 2.24) is 0 Å². The molecule has 1 rings (SSSR count). The molecule has 0 aromatic carbocycles. The first-order valence-electron chi connectivity index (χ1n) is 23.3. The summed E-state index contributed by atoms with van der Waals surface area (Å²) >= 11 is 0. The van der Waals surface area contributed by atoms with E-state index in [1.165, 1.54) is 19.3 Å². The molecule has 1 aliphatic carbocycles. The molecule has 0 aromatic rings. The van der Waals surface area contributed by atoms with Crippen molar-refractivity contribution in [1.29, 1.82) is 0 Å². The Kier molecular flexibility index (Phi) is 35.6. The zero-order valence-corrected chi connectivity index (χ0v) is 38.3. The molecule has 0 bridgehead atoms. The third kappa shape index (κ3) is 30.5. The normalized spacial score (nSPS) is 22.8. The van der Waals surface area contributed by atoms with Crippen LogP contribution in [0, 0.1) is 0 Å². The minimum atomic E-state index is -5.02. The lowest BCUT2D eigenvalue weighted by molar-refractivity contribution is -0.220. The molecule has 1 fully saturated rings. The van der Waals surface area contributed by atoms with Crippen LogP contribution >= 0.6 is 7.82 Å². The van der Waals surface area contributed by atoms with E-state index in [9.17, 15) is 39.8 Å². The molecule has 0 radical (unpaired) electrons. The molecule has 1 saturated carbocycles. The summed E-state index contributed by atoms with van der Waals surface area (Å²) in [7, 11) is -5.02. The second-order valence-corrected chi connectivity index (χ2v) is 17.3. The minimum absolute atomic E-state index is 0.0895. The van der Waals surface area contributed by atoms with Gasteiger partial charge in [0, 0.05) is 13.0 Å². The highest BCUT2D eigenvalue weighted by atomic mass is 31.2. The van der Waals surface area contributed by atoms with Gasteiger partial charge in [0.25, 0.3) is 0 Å². The van der Waals surface area contributed by atoms with Gasteiger partial charge in [-0.1, -0.05) is 151 Å². The van der Waals surface area contributed by atoms with Gasteiger partial charge in [0.1, 0.15) is 42.7 Å². The number of hydrogen-bond donors (Lipinski definition) is 6. The lowest BCUT2D eigenvalue weighted by Gasteiger charge is -2.41. The van der Waals surface area contributed by atoms with E-state index in [2.05, 4.69) is 86.8 Å². The van der Waals surface area contributed by atoms with Gasteiger partial charge in [0.2, 0.25) is 0 Å².